The minimum absolute atomic E-state index is 0.736. The lowest BCUT2D eigenvalue weighted by molar-refractivity contribution is 1.17. The van der Waals surface area contributed by atoms with Crippen LogP contribution in [0.2, 0.25) is 39.3 Å². The summed E-state index contributed by atoms with van der Waals surface area (Å²) < 4.78 is 0. The molecule has 0 spiro atoms. The molecule has 2 N–H and O–H groups in total. The second-order valence-electron chi connectivity index (χ2n) is 6.05. The van der Waals surface area contributed by atoms with E-state index in [0.717, 1.165) is 11.6 Å². The van der Waals surface area contributed by atoms with Crippen LogP contribution in [0.15, 0.2) is 12.4 Å². The average Bonchev–Trinajstić information content (AvgIpc) is 2.03. The zero-order chi connectivity index (χ0) is 12.4. The summed E-state index contributed by atoms with van der Waals surface area (Å²) in [6, 6.07) is 0. The number of nitrogens with zero attached hydrogens (tertiary/aromatic N) is 2. The molecule has 0 saturated carbocycles. The molecule has 0 aliphatic heterocycles. The Kier molecular flexibility index (Phi) is 3.74. The third-order valence-corrected chi connectivity index (χ3v) is 3.67. The highest BCUT2D eigenvalue weighted by Crippen LogP contribution is 2.12. The van der Waals surface area contributed by atoms with Crippen LogP contribution >= 0.6 is 0 Å². The van der Waals surface area contributed by atoms with Gasteiger partial charge in [0.2, 0.25) is 5.95 Å². The largest absolute Gasteiger partial charge is 0.408 e. The number of nitrogens with one attached hydrogen (secondary N) is 2. The van der Waals surface area contributed by atoms with Crippen LogP contribution in [0.1, 0.15) is 0 Å². The highest BCUT2D eigenvalue weighted by atomic mass is 28.3. The quantitative estimate of drug-likeness (QED) is 0.811. The molecule has 0 fully saturated rings. The van der Waals surface area contributed by atoms with E-state index in [1.54, 1.807) is 0 Å². The summed E-state index contributed by atoms with van der Waals surface area (Å²) in [6.45, 7) is 13.4. The van der Waals surface area contributed by atoms with Crippen LogP contribution < -0.4 is 9.96 Å². The van der Waals surface area contributed by atoms with Gasteiger partial charge >= 0.3 is 0 Å². The first-order valence-corrected chi connectivity index (χ1v) is 12.5. The van der Waals surface area contributed by atoms with E-state index in [4.69, 9.17) is 0 Å². The zero-order valence-electron chi connectivity index (χ0n) is 11.0. The lowest BCUT2D eigenvalue weighted by atomic mass is 10.6. The van der Waals surface area contributed by atoms with Gasteiger partial charge in [0.05, 0.1) is 18.1 Å². The summed E-state index contributed by atoms with van der Waals surface area (Å²) in [7, 11) is -2.65. The van der Waals surface area contributed by atoms with E-state index in [-0.39, 0.29) is 0 Å². The molecule has 1 heterocycles. The molecule has 0 aliphatic rings. The average molecular weight is 254 g/mol. The van der Waals surface area contributed by atoms with Crippen LogP contribution in [0.25, 0.3) is 0 Å². The third-order valence-electron chi connectivity index (χ3n) is 1.66. The standard InChI is InChI=1S/C10H22N4Si2/c1-15(2,3)13-9-7-11-10(12-8-9)14-16(4,5)6/h7-8,13H,1-6H3,(H,11,12,14). The lowest BCUT2D eigenvalue weighted by Crippen LogP contribution is -2.34. The summed E-state index contributed by atoms with van der Waals surface area (Å²) in [5.41, 5.74) is 1.01. The van der Waals surface area contributed by atoms with E-state index in [1.165, 1.54) is 0 Å². The minimum atomic E-state index is -1.35. The van der Waals surface area contributed by atoms with Crippen molar-refractivity contribution in [1.82, 2.24) is 9.97 Å². The van der Waals surface area contributed by atoms with E-state index in [2.05, 4.69) is 59.2 Å². The molecule has 1 aromatic heterocycles. The Labute approximate surface area is 100 Å². The van der Waals surface area contributed by atoms with Gasteiger partial charge < -0.3 is 9.96 Å². The summed E-state index contributed by atoms with van der Waals surface area (Å²) in [4.78, 5) is 15.5. The van der Waals surface area contributed by atoms with Gasteiger partial charge in [0.15, 0.2) is 0 Å². The Morgan fingerprint density at radius 3 is 1.62 bits per heavy atom. The number of hydrogen-bond acceptors (Lipinski definition) is 4. The van der Waals surface area contributed by atoms with E-state index < -0.39 is 16.5 Å². The SMILES string of the molecule is C[Si](C)(C)Nc1cnc(N[Si](C)(C)C)nc1. The van der Waals surface area contributed by atoms with Crippen molar-refractivity contribution in [1.29, 1.82) is 0 Å². The summed E-state index contributed by atoms with van der Waals surface area (Å²) in [5.74, 6) is 0.736. The second-order valence-corrected chi connectivity index (χ2v) is 15.5. The van der Waals surface area contributed by atoms with Crippen molar-refractivity contribution in [2.45, 2.75) is 39.3 Å². The van der Waals surface area contributed by atoms with Crippen LogP contribution in [0.4, 0.5) is 11.6 Å². The monoisotopic (exact) mass is 254 g/mol. The molecule has 1 rings (SSSR count). The van der Waals surface area contributed by atoms with Gasteiger partial charge in [-0.2, -0.15) is 0 Å². The van der Waals surface area contributed by atoms with Crippen molar-refractivity contribution in [2.75, 3.05) is 9.96 Å². The van der Waals surface area contributed by atoms with Crippen LogP contribution in [0.3, 0.4) is 0 Å². The molecule has 0 unspecified atom stereocenters. The fraction of sp³-hybridized carbons (Fsp3) is 0.600. The molecule has 0 amide bonds. The molecule has 16 heavy (non-hydrogen) atoms. The van der Waals surface area contributed by atoms with Crippen LogP contribution in [-0.2, 0) is 0 Å². The maximum atomic E-state index is 4.32. The zero-order valence-corrected chi connectivity index (χ0v) is 13.0. The first-order valence-electron chi connectivity index (χ1n) is 5.54. The predicted octanol–water partition coefficient (Wildman–Crippen LogP) is 2.97. The van der Waals surface area contributed by atoms with Gasteiger partial charge in [-0.05, 0) is 0 Å². The van der Waals surface area contributed by atoms with E-state index in [1.807, 2.05) is 12.4 Å². The molecule has 0 aliphatic carbocycles. The van der Waals surface area contributed by atoms with Crippen molar-refractivity contribution >= 4 is 28.1 Å². The molecule has 0 atom stereocenters. The molecule has 0 aromatic carbocycles. The number of aromatic nitrogens is 2. The Morgan fingerprint density at radius 2 is 1.25 bits per heavy atom. The predicted molar refractivity (Wildman–Crippen MR) is 76.0 cm³/mol. The first-order chi connectivity index (χ1) is 7.16. The smallest absolute Gasteiger partial charge is 0.214 e. The fourth-order valence-corrected chi connectivity index (χ4v) is 3.02. The fourth-order valence-electron chi connectivity index (χ4n) is 1.23. The van der Waals surface area contributed by atoms with Crippen LogP contribution in [0.5, 0.6) is 0 Å². The van der Waals surface area contributed by atoms with Crippen LogP contribution in [-0.4, -0.2) is 26.4 Å². The van der Waals surface area contributed by atoms with Crippen molar-refractivity contribution in [3.8, 4) is 0 Å². The Balaban J connectivity index is 2.69. The first kappa shape index (κ1) is 13.2. The van der Waals surface area contributed by atoms with Gasteiger partial charge in [-0.1, -0.05) is 39.3 Å². The highest BCUT2D eigenvalue weighted by Gasteiger charge is 2.15. The van der Waals surface area contributed by atoms with Crippen molar-refractivity contribution in [2.24, 2.45) is 0 Å². The Hall–Kier alpha value is -0.886. The van der Waals surface area contributed by atoms with Gasteiger partial charge in [0.1, 0.15) is 16.5 Å². The van der Waals surface area contributed by atoms with Gasteiger partial charge in [0, 0.05) is 0 Å². The van der Waals surface area contributed by atoms with Gasteiger partial charge in [-0.25, -0.2) is 9.97 Å². The van der Waals surface area contributed by atoms with Crippen molar-refractivity contribution in [3.05, 3.63) is 12.4 Å². The van der Waals surface area contributed by atoms with E-state index in [0.29, 0.717) is 0 Å². The summed E-state index contributed by atoms with van der Waals surface area (Å²) >= 11 is 0. The molecule has 0 bridgehead atoms. The molecular formula is C10H22N4Si2. The van der Waals surface area contributed by atoms with Crippen LogP contribution in [0, 0.1) is 0 Å². The normalized spacial score (nSPS) is 12.4. The Morgan fingerprint density at radius 1 is 0.812 bits per heavy atom. The molecule has 0 radical (unpaired) electrons. The van der Waals surface area contributed by atoms with Crippen molar-refractivity contribution < 1.29 is 0 Å². The molecule has 6 heteroatoms. The highest BCUT2D eigenvalue weighted by molar-refractivity contribution is 6.79. The number of hydrogen-bond donors (Lipinski definition) is 2. The van der Waals surface area contributed by atoms with E-state index in [9.17, 15) is 0 Å². The van der Waals surface area contributed by atoms with E-state index >= 15 is 0 Å². The summed E-state index contributed by atoms with van der Waals surface area (Å²) in [5, 5.41) is 0. The van der Waals surface area contributed by atoms with Crippen molar-refractivity contribution in [3.63, 3.8) is 0 Å². The lowest BCUT2D eigenvalue weighted by Gasteiger charge is -2.20. The maximum Gasteiger partial charge on any atom is 0.214 e. The van der Waals surface area contributed by atoms with Gasteiger partial charge in [-0.3, -0.25) is 0 Å². The summed E-state index contributed by atoms with van der Waals surface area (Å²) in [6.07, 6.45) is 3.71. The molecule has 4 nitrogen and oxygen atoms in total. The van der Waals surface area contributed by atoms with Gasteiger partial charge in [0.25, 0.3) is 0 Å². The number of rotatable bonds is 4. The third kappa shape index (κ3) is 5.27. The minimum Gasteiger partial charge on any atom is -0.408 e. The topological polar surface area (TPSA) is 49.8 Å². The Bertz CT molecular complexity index is 302. The molecule has 0 saturated heterocycles. The number of anilines is 2. The van der Waals surface area contributed by atoms with Gasteiger partial charge in [-0.15, -0.1) is 0 Å². The maximum absolute atomic E-state index is 4.32. The molecule has 90 valence electrons. The molecular weight excluding hydrogens is 232 g/mol. The molecule has 1 aromatic rings. The second kappa shape index (κ2) is 4.54.